The first-order valence-electron chi connectivity index (χ1n) is 8.67. The van der Waals surface area contributed by atoms with Crippen molar-refractivity contribution in [1.82, 2.24) is 0 Å². The van der Waals surface area contributed by atoms with Gasteiger partial charge in [0.2, 0.25) is 0 Å². The first-order valence-corrected chi connectivity index (χ1v) is 8.67. The summed E-state index contributed by atoms with van der Waals surface area (Å²) in [5.74, 6) is 0.438. The lowest BCUT2D eigenvalue weighted by Gasteiger charge is -2.09. The third-order valence-corrected chi connectivity index (χ3v) is 3.57. The summed E-state index contributed by atoms with van der Waals surface area (Å²) in [5.41, 5.74) is 2.05. The monoisotopic (exact) mass is 382 g/mol. The van der Waals surface area contributed by atoms with Gasteiger partial charge in [-0.2, -0.15) is 0 Å². The minimum atomic E-state index is -0.468. The summed E-state index contributed by atoms with van der Waals surface area (Å²) in [4.78, 5) is 21.9. The fourth-order valence-corrected chi connectivity index (χ4v) is 2.21. The summed E-state index contributed by atoms with van der Waals surface area (Å²) in [6.07, 6.45) is 2.23. The molecule has 0 bridgehead atoms. The molecule has 0 heterocycles. The second-order valence-corrected chi connectivity index (χ2v) is 5.49. The molecule has 2 aromatic carbocycles. The maximum absolute atomic E-state index is 10.9. The molecule has 0 saturated heterocycles. The van der Waals surface area contributed by atoms with E-state index in [0.29, 0.717) is 11.5 Å². The van der Waals surface area contributed by atoms with E-state index in [4.69, 9.17) is 18.9 Å². The van der Waals surface area contributed by atoms with Crippen LogP contribution in [0, 0.1) is 0 Å². The van der Waals surface area contributed by atoms with E-state index >= 15 is 0 Å². The van der Waals surface area contributed by atoms with Crippen LogP contribution in [0.3, 0.4) is 0 Å². The second kappa shape index (κ2) is 11.2. The first kappa shape index (κ1) is 20.8. The standard InChI is InChI=1S/C22H22O6/c1-3-21(23)27-15-13-25-19-9-5-17(6-10-19)18-7-11-20(12-8-18)26-14-16-28-22(24)4-2/h3-12H,1-2,13-16H2. The zero-order valence-corrected chi connectivity index (χ0v) is 15.5. The molecule has 0 atom stereocenters. The van der Waals surface area contributed by atoms with Gasteiger partial charge in [-0.25, -0.2) is 9.59 Å². The number of esters is 2. The lowest BCUT2D eigenvalue weighted by Crippen LogP contribution is -2.10. The fraction of sp³-hybridized carbons (Fsp3) is 0.182. The highest BCUT2D eigenvalue weighted by Crippen LogP contribution is 2.24. The number of ether oxygens (including phenoxy) is 4. The molecule has 2 aromatic rings. The van der Waals surface area contributed by atoms with Gasteiger partial charge in [0.25, 0.3) is 0 Å². The van der Waals surface area contributed by atoms with Gasteiger partial charge in [0.15, 0.2) is 0 Å². The van der Waals surface area contributed by atoms with Gasteiger partial charge < -0.3 is 18.9 Å². The van der Waals surface area contributed by atoms with E-state index in [1.807, 2.05) is 48.5 Å². The first-order chi connectivity index (χ1) is 13.6. The minimum absolute atomic E-state index is 0.168. The molecule has 0 N–H and O–H groups in total. The highest BCUT2D eigenvalue weighted by molar-refractivity contribution is 5.81. The van der Waals surface area contributed by atoms with Gasteiger partial charge in [-0.1, -0.05) is 37.4 Å². The molecule has 6 nitrogen and oxygen atoms in total. The van der Waals surface area contributed by atoms with Crippen LogP contribution in [0.15, 0.2) is 73.8 Å². The molecule has 0 spiro atoms. The van der Waals surface area contributed by atoms with Crippen LogP contribution in [0.2, 0.25) is 0 Å². The molecule has 2 rings (SSSR count). The van der Waals surface area contributed by atoms with E-state index in [2.05, 4.69) is 13.2 Å². The van der Waals surface area contributed by atoms with Crippen molar-refractivity contribution in [3.63, 3.8) is 0 Å². The molecular formula is C22H22O6. The van der Waals surface area contributed by atoms with E-state index in [1.54, 1.807) is 0 Å². The normalized spacial score (nSPS) is 9.86. The smallest absolute Gasteiger partial charge is 0.330 e. The topological polar surface area (TPSA) is 71.1 Å². The molecule has 0 aliphatic heterocycles. The van der Waals surface area contributed by atoms with Crippen molar-refractivity contribution in [2.24, 2.45) is 0 Å². The van der Waals surface area contributed by atoms with Crippen LogP contribution in [-0.4, -0.2) is 38.4 Å². The van der Waals surface area contributed by atoms with Gasteiger partial charge in [0, 0.05) is 12.2 Å². The van der Waals surface area contributed by atoms with E-state index in [9.17, 15) is 9.59 Å². The molecule has 0 fully saturated rings. The molecule has 0 aliphatic rings. The average molecular weight is 382 g/mol. The Morgan fingerprint density at radius 3 is 1.32 bits per heavy atom. The van der Waals surface area contributed by atoms with E-state index < -0.39 is 11.9 Å². The maximum Gasteiger partial charge on any atom is 0.330 e. The Balaban J connectivity index is 1.79. The number of carbonyl (C=O) groups is 2. The molecule has 146 valence electrons. The third kappa shape index (κ3) is 6.99. The van der Waals surface area contributed by atoms with Crippen LogP contribution < -0.4 is 9.47 Å². The summed E-state index contributed by atoms with van der Waals surface area (Å²) in [6, 6.07) is 15.2. The van der Waals surface area contributed by atoms with Crippen LogP contribution in [0.1, 0.15) is 0 Å². The molecule has 0 aromatic heterocycles. The van der Waals surface area contributed by atoms with Gasteiger partial charge in [-0.05, 0) is 35.4 Å². The van der Waals surface area contributed by atoms with Crippen LogP contribution >= 0.6 is 0 Å². The molecule has 0 amide bonds. The average Bonchev–Trinajstić information content (AvgIpc) is 2.74. The van der Waals surface area contributed by atoms with E-state index in [0.717, 1.165) is 23.3 Å². The number of hydrogen-bond acceptors (Lipinski definition) is 6. The van der Waals surface area contributed by atoms with Crippen molar-refractivity contribution < 1.29 is 28.5 Å². The number of benzene rings is 2. The highest BCUT2D eigenvalue weighted by atomic mass is 16.6. The molecule has 0 unspecified atom stereocenters. The Kier molecular flexibility index (Phi) is 8.33. The van der Waals surface area contributed by atoms with Crippen molar-refractivity contribution in [2.75, 3.05) is 26.4 Å². The summed E-state index contributed by atoms with van der Waals surface area (Å²) >= 11 is 0. The van der Waals surface area contributed by atoms with Crippen molar-refractivity contribution in [2.45, 2.75) is 0 Å². The molecule has 0 radical (unpaired) electrons. The van der Waals surface area contributed by atoms with Gasteiger partial charge >= 0.3 is 11.9 Å². The Hall–Kier alpha value is -3.54. The molecular weight excluding hydrogens is 360 g/mol. The van der Waals surface area contributed by atoms with E-state index in [-0.39, 0.29) is 26.4 Å². The maximum atomic E-state index is 10.9. The van der Waals surface area contributed by atoms with Crippen LogP contribution in [0.25, 0.3) is 11.1 Å². The summed E-state index contributed by atoms with van der Waals surface area (Å²) in [5, 5.41) is 0. The summed E-state index contributed by atoms with van der Waals surface area (Å²) < 4.78 is 20.7. The van der Waals surface area contributed by atoms with Crippen molar-refractivity contribution in [3.8, 4) is 22.6 Å². The summed E-state index contributed by atoms with van der Waals surface area (Å²) in [6.45, 7) is 7.53. The SMILES string of the molecule is C=CC(=O)OCCOc1ccc(-c2ccc(OCCOC(=O)C=C)cc2)cc1. The highest BCUT2D eigenvalue weighted by Gasteiger charge is 2.02. The van der Waals surface area contributed by atoms with Gasteiger partial charge in [-0.15, -0.1) is 0 Å². The van der Waals surface area contributed by atoms with Crippen LogP contribution in [0.4, 0.5) is 0 Å². The second-order valence-electron chi connectivity index (χ2n) is 5.49. The largest absolute Gasteiger partial charge is 0.490 e. The van der Waals surface area contributed by atoms with Crippen LogP contribution in [0.5, 0.6) is 11.5 Å². The Morgan fingerprint density at radius 2 is 1.00 bits per heavy atom. The van der Waals surface area contributed by atoms with Crippen molar-refractivity contribution in [3.05, 3.63) is 73.8 Å². The number of hydrogen-bond donors (Lipinski definition) is 0. The minimum Gasteiger partial charge on any atom is -0.490 e. The quantitative estimate of drug-likeness (QED) is 0.336. The predicted molar refractivity (Wildman–Crippen MR) is 105 cm³/mol. The third-order valence-electron chi connectivity index (χ3n) is 3.57. The van der Waals surface area contributed by atoms with Gasteiger partial charge in [0.1, 0.15) is 37.9 Å². The van der Waals surface area contributed by atoms with Crippen molar-refractivity contribution in [1.29, 1.82) is 0 Å². The lowest BCUT2D eigenvalue weighted by molar-refractivity contribution is -0.139. The predicted octanol–water partition coefficient (Wildman–Crippen LogP) is 3.57. The molecule has 6 heteroatoms. The Labute approximate surface area is 164 Å². The van der Waals surface area contributed by atoms with E-state index in [1.165, 1.54) is 0 Å². The Morgan fingerprint density at radius 1 is 0.643 bits per heavy atom. The fourth-order valence-electron chi connectivity index (χ4n) is 2.21. The molecule has 0 saturated carbocycles. The zero-order chi connectivity index (χ0) is 20.2. The number of rotatable bonds is 11. The molecule has 28 heavy (non-hydrogen) atoms. The molecule has 0 aliphatic carbocycles. The van der Waals surface area contributed by atoms with Gasteiger partial charge in [0.05, 0.1) is 0 Å². The zero-order valence-electron chi connectivity index (χ0n) is 15.5. The lowest BCUT2D eigenvalue weighted by atomic mass is 10.1. The van der Waals surface area contributed by atoms with Gasteiger partial charge in [-0.3, -0.25) is 0 Å². The number of carbonyl (C=O) groups excluding carboxylic acids is 2. The summed E-state index contributed by atoms with van der Waals surface area (Å²) in [7, 11) is 0. The Bertz CT molecular complexity index is 723. The van der Waals surface area contributed by atoms with Crippen molar-refractivity contribution >= 4 is 11.9 Å². The van der Waals surface area contributed by atoms with Crippen LogP contribution in [-0.2, 0) is 19.1 Å².